The van der Waals surface area contributed by atoms with Crippen LogP contribution < -0.4 is 5.32 Å². The number of carbonyl (C=O) groups is 1. The number of rotatable bonds is 4. The highest BCUT2D eigenvalue weighted by atomic mass is 35.5. The van der Waals surface area contributed by atoms with Crippen LogP contribution in [0.1, 0.15) is 10.5 Å². The summed E-state index contributed by atoms with van der Waals surface area (Å²) in [5, 5.41) is 45.4. The van der Waals surface area contributed by atoms with Gasteiger partial charge in [-0.25, -0.2) is 0 Å². The summed E-state index contributed by atoms with van der Waals surface area (Å²) >= 11 is 5.82. The summed E-state index contributed by atoms with van der Waals surface area (Å²) in [6.07, 6.45) is -5.79. The lowest BCUT2D eigenvalue weighted by molar-refractivity contribution is -0.252. The smallest absolute Gasteiger partial charge is 0.273 e. The largest absolute Gasteiger partial charge is 0.394 e. The molecule has 0 spiro atoms. The minimum absolute atomic E-state index is 0.0897. The summed E-state index contributed by atoms with van der Waals surface area (Å²) < 4.78 is 10.1. The second-order valence-electron chi connectivity index (χ2n) is 5.81. The van der Waals surface area contributed by atoms with Crippen LogP contribution in [0.5, 0.6) is 0 Å². The van der Waals surface area contributed by atoms with Gasteiger partial charge in [-0.3, -0.25) is 4.79 Å². The molecule has 9 nitrogen and oxygen atoms in total. The van der Waals surface area contributed by atoms with Gasteiger partial charge in [0.15, 0.2) is 17.7 Å². The molecule has 1 aliphatic heterocycles. The first-order valence-electron chi connectivity index (χ1n) is 7.74. The number of carbonyl (C=O) groups excluding carboxylic acids is 1. The van der Waals surface area contributed by atoms with E-state index >= 15 is 0 Å². The molecule has 10 heteroatoms. The van der Waals surface area contributed by atoms with Gasteiger partial charge in [-0.1, -0.05) is 16.8 Å². The molecule has 0 saturated carbocycles. The number of nitrogens with one attached hydrogen (secondary N) is 1. The van der Waals surface area contributed by atoms with Crippen molar-refractivity contribution < 1.29 is 34.5 Å². The Hall–Kier alpha value is -2.01. The monoisotopic (exact) mass is 384 g/mol. The SMILES string of the molecule is O=C(N[C@@H]1[C@@H](O)[C@H](O)[C@@H](CO)O[C@H]1O)c1cc(-c2ccc(Cl)cc2)on1. The van der Waals surface area contributed by atoms with Crippen LogP contribution in [0.15, 0.2) is 34.9 Å². The summed E-state index contributed by atoms with van der Waals surface area (Å²) in [7, 11) is 0. The van der Waals surface area contributed by atoms with E-state index in [-0.39, 0.29) is 5.69 Å². The van der Waals surface area contributed by atoms with Crippen molar-refractivity contribution in [1.82, 2.24) is 10.5 Å². The Morgan fingerprint density at radius 1 is 1.19 bits per heavy atom. The van der Waals surface area contributed by atoms with E-state index in [0.717, 1.165) is 0 Å². The van der Waals surface area contributed by atoms with Crippen LogP contribution in [0.25, 0.3) is 11.3 Å². The fourth-order valence-electron chi connectivity index (χ4n) is 2.61. The highest BCUT2D eigenvalue weighted by Crippen LogP contribution is 2.23. The molecule has 2 aromatic rings. The number of hydrogen-bond acceptors (Lipinski definition) is 8. The van der Waals surface area contributed by atoms with E-state index in [1.807, 2.05) is 0 Å². The van der Waals surface area contributed by atoms with E-state index in [1.165, 1.54) is 6.07 Å². The van der Waals surface area contributed by atoms with E-state index in [2.05, 4.69) is 10.5 Å². The average Bonchev–Trinajstić information content (AvgIpc) is 3.12. The number of halogens is 1. The van der Waals surface area contributed by atoms with E-state index < -0.39 is 43.2 Å². The van der Waals surface area contributed by atoms with Crippen molar-refractivity contribution in [2.75, 3.05) is 6.61 Å². The Morgan fingerprint density at radius 2 is 1.88 bits per heavy atom. The molecule has 26 heavy (non-hydrogen) atoms. The molecular formula is C16H17ClN2O7. The van der Waals surface area contributed by atoms with Crippen molar-refractivity contribution in [3.8, 4) is 11.3 Å². The second kappa shape index (κ2) is 7.70. The highest BCUT2D eigenvalue weighted by Gasteiger charge is 2.44. The van der Waals surface area contributed by atoms with Gasteiger partial charge in [-0.15, -0.1) is 0 Å². The molecule has 0 bridgehead atoms. The minimum atomic E-state index is -1.61. The van der Waals surface area contributed by atoms with Crippen LogP contribution in [0, 0.1) is 0 Å². The maximum atomic E-state index is 12.3. The summed E-state index contributed by atoms with van der Waals surface area (Å²) in [4.78, 5) is 12.3. The Kier molecular flexibility index (Phi) is 5.56. The topological polar surface area (TPSA) is 145 Å². The third-order valence-electron chi connectivity index (χ3n) is 4.07. The molecule has 0 radical (unpaired) electrons. The minimum Gasteiger partial charge on any atom is -0.394 e. The number of aliphatic hydroxyl groups excluding tert-OH is 4. The summed E-state index contributed by atoms with van der Waals surface area (Å²) in [5.74, 6) is -0.413. The molecule has 1 fully saturated rings. The zero-order valence-electron chi connectivity index (χ0n) is 13.3. The molecule has 5 N–H and O–H groups in total. The predicted molar refractivity (Wildman–Crippen MR) is 88.2 cm³/mol. The van der Waals surface area contributed by atoms with Crippen LogP contribution in [0.4, 0.5) is 0 Å². The van der Waals surface area contributed by atoms with Gasteiger partial charge in [0.2, 0.25) is 0 Å². The fourth-order valence-corrected chi connectivity index (χ4v) is 2.74. The molecule has 1 aliphatic rings. The molecule has 1 saturated heterocycles. The van der Waals surface area contributed by atoms with Crippen molar-refractivity contribution in [3.05, 3.63) is 41.0 Å². The lowest BCUT2D eigenvalue weighted by Gasteiger charge is -2.40. The first-order chi connectivity index (χ1) is 12.4. The number of hydrogen-bond donors (Lipinski definition) is 5. The van der Waals surface area contributed by atoms with Gasteiger partial charge in [-0.05, 0) is 24.3 Å². The molecule has 1 aromatic heterocycles. The molecule has 5 atom stereocenters. The summed E-state index contributed by atoms with van der Waals surface area (Å²) in [5.41, 5.74) is 0.566. The van der Waals surface area contributed by atoms with Gasteiger partial charge in [0.05, 0.1) is 6.61 Å². The molecule has 0 aliphatic carbocycles. The lowest BCUT2D eigenvalue weighted by Crippen LogP contribution is -2.64. The third-order valence-corrected chi connectivity index (χ3v) is 4.32. The predicted octanol–water partition coefficient (Wildman–Crippen LogP) is -0.475. The average molecular weight is 385 g/mol. The standard InChI is InChI=1S/C16H17ClN2O7/c17-8-3-1-7(2-4-8)10-5-9(19-26-10)15(23)18-12-14(22)13(21)11(6-20)25-16(12)24/h1-5,11-14,16,20-22,24H,6H2,(H,18,23)/t11-,12-,13-,14-,16-/m1/s1. The number of aliphatic hydroxyl groups is 4. The van der Waals surface area contributed by atoms with Crippen LogP contribution in [0.2, 0.25) is 5.02 Å². The normalized spacial score (nSPS) is 28.7. The number of ether oxygens (including phenoxy) is 1. The molecule has 3 rings (SSSR count). The van der Waals surface area contributed by atoms with Gasteiger partial charge >= 0.3 is 0 Å². The number of benzene rings is 1. The van der Waals surface area contributed by atoms with Gasteiger partial charge in [0.1, 0.15) is 24.4 Å². The lowest BCUT2D eigenvalue weighted by atomic mass is 9.97. The van der Waals surface area contributed by atoms with E-state index in [1.54, 1.807) is 24.3 Å². The van der Waals surface area contributed by atoms with E-state index in [9.17, 15) is 20.1 Å². The zero-order valence-corrected chi connectivity index (χ0v) is 14.1. The molecule has 1 amide bonds. The van der Waals surface area contributed by atoms with E-state index in [4.69, 9.17) is 26.0 Å². The summed E-state index contributed by atoms with van der Waals surface area (Å²) in [6.45, 7) is -0.594. The van der Waals surface area contributed by atoms with Crippen LogP contribution in [-0.4, -0.2) is 68.7 Å². The molecule has 1 aromatic carbocycles. The van der Waals surface area contributed by atoms with Crippen LogP contribution in [-0.2, 0) is 4.74 Å². The van der Waals surface area contributed by atoms with E-state index in [0.29, 0.717) is 16.3 Å². The van der Waals surface area contributed by atoms with Crippen molar-refractivity contribution in [1.29, 1.82) is 0 Å². The molecular weight excluding hydrogens is 368 g/mol. The van der Waals surface area contributed by atoms with Crippen molar-refractivity contribution in [3.63, 3.8) is 0 Å². The second-order valence-corrected chi connectivity index (χ2v) is 6.25. The van der Waals surface area contributed by atoms with Gasteiger partial charge in [0.25, 0.3) is 5.91 Å². The number of amides is 1. The van der Waals surface area contributed by atoms with Crippen molar-refractivity contribution in [2.45, 2.75) is 30.6 Å². The molecule has 0 unspecified atom stereocenters. The Morgan fingerprint density at radius 3 is 2.54 bits per heavy atom. The number of aromatic nitrogens is 1. The van der Waals surface area contributed by atoms with Gasteiger partial charge in [0, 0.05) is 16.7 Å². The Balaban J connectivity index is 1.71. The molecule has 140 valence electrons. The Bertz CT molecular complexity index is 766. The van der Waals surface area contributed by atoms with Crippen molar-refractivity contribution >= 4 is 17.5 Å². The summed E-state index contributed by atoms with van der Waals surface area (Å²) in [6, 6.07) is 6.77. The number of nitrogens with zero attached hydrogens (tertiary/aromatic N) is 1. The zero-order chi connectivity index (χ0) is 18.8. The van der Waals surface area contributed by atoms with Crippen LogP contribution in [0.3, 0.4) is 0 Å². The first-order valence-corrected chi connectivity index (χ1v) is 8.12. The highest BCUT2D eigenvalue weighted by molar-refractivity contribution is 6.30. The fraction of sp³-hybridized carbons (Fsp3) is 0.375. The maximum Gasteiger partial charge on any atom is 0.273 e. The Labute approximate surface area is 152 Å². The molecule has 2 heterocycles. The maximum absolute atomic E-state index is 12.3. The first kappa shape index (κ1) is 18.8. The van der Waals surface area contributed by atoms with Gasteiger partial charge < -0.3 is 35.0 Å². The third kappa shape index (κ3) is 3.73. The van der Waals surface area contributed by atoms with Gasteiger partial charge in [-0.2, -0.15) is 0 Å². The van der Waals surface area contributed by atoms with Crippen LogP contribution >= 0.6 is 11.6 Å². The van der Waals surface area contributed by atoms with Crippen molar-refractivity contribution in [2.24, 2.45) is 0 Å². The quantitative estimate of drug-likeness (QED) is 0.475.